The van der Waals surface area contributed by atoms with E-state index >= 15 is 0 Å². The first kappa shape index (κ1) is 12.0. The van der Waals surface area contributed by atoms with Gasteiger partial charge in [-0.3, -0.25) is 0 Å². The maximum atomic E-state index is 6.23. The Bertz CT molecular complexity index is 702. The SMILES string of the molecule is Clc1ccc2c(c1)N1CCCC=C1c1ccccc1C2. The monoisotopic (exact) mass is 281 g/mol. The summed E-state index contributed by atoms with van der Waals surface area (Å²) in [6.07, 6.45) is 5.72. The number of fused-ring (bicyclic) bond motifs is 5. The Morgan fingerprint density at radius 1 is 1.00 bits per heavy atom. The molecule has 0 unspecified atom stereocenters. The van der Waals surface area contributed by atoms with Gasteiger partial charge in [-0.15, -0.1) is 0 Å². The minimum absolute atomic E-state index is 0.819. The van der Waals surface area contributed by atoms with Crippen molar-refractivity contribution >= 4 is 23.0 Å². The van der Waals surface area contributed by atoms with Gasteiger partial charge in [-0.05, 0) is 36.1 Å². The number of hydrogen-bond acceptors (Lipinski definition) is 1. The van der Waals surface area contributed by atoms with Gasteiger partial charge in [0.05, 0.1) is 0 Å². The lowest BCUT2D eigenvalue weighted by Crippen LogP contribution is -2.25. The number of halogens is 1. The predicted octanol–water partition coefficient (Wildman–Crippen LogP) is 4.89. The van der Waals surface area contributed by atoms with Crippen LogP contribution in [0.5, 0.6) is 0 Å². The van der Waals surface area contributed by atoms with Crippen molar-refractivity contribution in [3.8, 4) is 0 Å². The molecule has 4 rings (SSSR count). The fraction of sp³-hybridized carbons (Fsp3) is 0.222. The second kappa shape index (κ2) is 4.68. The van der Waals surface area contributed by atoms with Crippen LogP contribution in [-0.4, -0.2) is 6.54 Å². The van der Waals surface area contributed by atoms with E-state index in [1.807, 2.05) is 6.07 Å². The molecule has 0 atom stereocenters. The fourth-order valence-corrected chi connectivity index (χ4v) is 3.46. The quantitative estimate of drug-likeness (QED) is 0.665. The maximum absolute atomic E-state index is 6.23. The number of allylic oxidation sites excluding steroid dienone is 1. The van der Waals surface area contributed by atoms with Crippen LogP contribution < -0.4 is 4.90 Å². The Hall–Kier alpha value is -1.73. The number of anilines is 1. The lowest BCUT2D eigenvalue weighted by atomic mass is 9.98. The van der Waals surface area contributed by atoms with Crippen molar-refractivity contribution in [1.82, 2.24) is 0 Å². The molecular formula is C18H16ClN. The van der Waals surface area contributed by atoms with Gasteiger partial charge < -0.3 is 4.90 Å². The summed E-state index contributed by atoms with van der Waals surface area (Å²) in [4.78, 5) is 2.44. The molecule has 0 spiro atoms. The predicted molar refractivity (Wildman–Crippen MR) is 85.3 cm³/mol. The van der Waals surface area contributed by atoms with Crippen LogP contribution >= 0.6 is 11.6 Å². The largest absolute Gasteiger partial charge is 0.341 e. The Morgan fingerprint density at radius 2 is 1.90 bits per heavy atom. The van der Waals surface area contributed by atoms with Crippen molar-refractivity contribution in [3.63, 3.8) is 0 Å². The van der Waals surface area contributed by atoms with E-state index < -0.39 is 0 Å². The highest BCUT2D eigenvalue weighted by Crippen LogP contribution is 2.39. The molecule has 2 aliphatic rings. The molecule has 0 aromatic heterocycles. The highest BCUT2D eigenvalue weighted by molar-refractivity contribution is 6.31. The average molecular weight is 282 g/mol. The molecule has 100 valence electrons. The third kappa shape index (κ3) is 1.85. The molecule has 2 aliphatic heterocycles. The van der Waals surface area contributed by atoms with Gasteiger partial charge in [0, 0.05) is 34.9 Å². The lowest BCUT2D eigenvalue weighted by molar-refractivity contribution is 0.798. The number of benzene rings is 2. The van der Waals surface area contributed by atoms with E-state index in [-0.39, 0.29) is 0 Å². The molecule has 0 radical (unpaired) electrons. The van der Waals surface area contributed by atoms with E-state index in [9.17, 15) is 0 Å². The molecule has 2 aromatic rings. The Balaban J connectivity index is 1.99. The molecule has 0 aliphatic carbocycles. The summed E-state index contributed by atoms with van der Waals surface area (Å²) in [5, 5.41) is 0.819. The van der Waals surface area contributed by atoms with Crippen LogP contribution in [0.1, 0.15) is 29.5 Å². The second-order valence-electron chi connectivity index (χ2n) is 5.49. The van der Waals surface area contributed by atoms with Gasteiger partial charge in [-0.1, -0.05) is 48.0 Å². The molecule has 0 bridgehead atoms. The first-order valence-electron chi connectivity index (χ1n) is 7.17. The first-order chi connectivity index (χ1) is 9.83. The van der Waals surface area contributed by atoms with Crippen molar-refractivity contribution in [1.29, 1.82) is 0 Å². The van der Waals surface area contributed by atoms with Gasteiger partial charge in [-0.25, -0.2) is 0 Å². The summed E-state index contributed by atoms with van der Waals surface area (Å²) in [5.41, 5.74) is 6.78. The van der Waals surface area contributed by atoms with E-state index in [2.05, 4.69) is 47.4 Å². The molecule has 0 saturated carbocycles. The molecule has 2 heterocycles. The number of hydrogen-bond donors (Lipinski definition) is 0. The van der Waals surface area contributed by atoms with E-state index in [0.29, 0.717) is 0 Å². The zero-order valence-electron chi connectivity index (χ0n) is 11.3. The van der Waals surface area contributed by atoms with Crippen LogP contribution in [-0.2, 0) is 6.42 Å². The minimum Gasteiger partial charge on any atom is -0.341 e. The number of nitrogens with zero attached hydrogens (tertiary/aromatic N) is 1. The zero-order valence-corrected chi connectivity index (χ0v) is 12.0. The highest BCUT2D eigenvalue weighted by Gasteiger charge is 2.25. The smallest absolute Gasteiger partial charge is 0.0461 e. The molecule has 1 nitrogen and oxygen atoms in total. The second-order valence-corrected chi connectivity index (χ2v) is 5.93. The highest BCUT2D eigenvalue weighted by atomic mass is 35.5. The van der Waals surface area contributed by atoms with E-state index in [1.54, 1.807) is 0 Å². The van der Waals surface area contributed by atoms with Crippen molar-refractivity contribution in [2.24, 2.45) is 0 Å². The third-order valence-electron chi connectivity index (χ3n) is 4.23. The summed E-state index contributed by atoms with van der Waals surface area (Å²) >= 11 is 6.23. The van der Waals surface area contributed by atoms with Gasteiger partial charge in [0.1, 0.15) is 0 Å². The number of rotatable bonds is 0. The molecule has 0 fully saturated rings. The molecule has 0 N–H and O–H groups in total. The van der Waals surface area contributed by atoms with Gasteiger partial charge in [-0.2, -0.15) is 0 Å². The standard InChI is InChI=1S/C18H16ClN/c19-15-9-8-14-11-13-5-1-2-6-16(13)17-7-3-4-10-20(17)18(14)12-15/h1-2,5-9,12H,3-4,10-11H2. The summed E-state index contributed by atoms with van der Waals surface area (Å²) in [7, 11) is 0. The Labute approximate surface area is 124 Å². The normalized spacial score (nSPS) is 16.6. The average Bonchev–Trinajstić information content (AvgIpc) is 2.62. The summed E-state index contributed by atoms with van der Waals surface area (Å²) in [6, 6.07) is 15.0. The molecule has 2 heteroatoms. The van der Waals surface area contributed by atoms with Crippen LogP contribution in [0.25, 0.3) is 5.70 Å². The van der Waals surface area contributed by atoms with Crippen LogP contribution in [0.15, 0.2) is 48.5 Å². The van der Waals surface area contributed by atoms with Gasteiger partial charge in [0.2, 0.25) is 0 Å². The van der Waals surface area contributed by atoms with E-state index in [1.165, 1.54) is 34.5 Å². The summed E-state index contributed by atoms with van der Waals surface area (Å²) in [6.45, 7) is 1.08. The van der Waals surface area contributed by atoms with Crippen LogP contribution in [0, 0.1) is 0 Å². The summed E-state index contributed by atoms with van der Waals surface area (Å²) in [5.74, 6) is 0. The summed E-state index contributed by atoms with van der Waals surface area (Å²) < 4.78 is 0. The third-order valence-corrected chi connectivity index (χ3v) is 4.46. The van der Waals surface area contributed by atoms with Crippen LogP contribution in [0.2, 0.25) is 5.02 Å². The van der Waals surface area contributed by atoms with E-state index in [0.717, 1.165) is 24.4 Å². The maximum Gasteiger partial charge on any atom is 0.0461 e. The van der Waals surface area contributed by atoms with Gasteiger partial charge in [0.15, 0.2) is 0 Å². The van der Waals surface area contributed by atoms with Crippen LogP contribution in [0.3, 0.4) is 0 Å². The molecular weight excluding hydrogens is 266 g/mol. The van der Waals surface area contributed by atoms with E-state index in [4.69, 9.17) is 11.6 Å². The zero-order chi connectivity index (χ0) is 13.5. The molecule has 20 heavy (non-hydrogen) atoms. The minimum atomic E-state index is 0.819. The molecule has 0 saturated heterocycles. The Kier molecular flexibility index (Phi) is 2.82. The van der Waals surface area contributed by atoms with Gasteiger partial charge >= 0.3 is 0 Å². The topological polar surface area (TPSA) is 3.24 Å². The fourth-order valence-electron chi connectivity index (χ4n) is 3.29. The van der Waals surface area contributed by atoms with Gasteiger partial charge in [0.25, 0.3) is 0 Å². The van der Waals surface area contributed by atoms with Crippen molar-refractivity contribution in [2.45, 2.75) is 19.3 Å². The molecule has 0 amide bonds. The first-order valence-corrected chi connectivity index (χ1v) is 7.55. The molecule has 2 aromatic carbocycles. The van der Waals surface area contributed by atoms with Crippen molar-refractivity contribution in [2.75, 3.05) is 11.4 Å². The lowest BCUT2D eigenvalue weighted by Gasteiger charge is -2.31. The van der Waals surface area contributed by atoms with Crippen LogP contribution in [0.4, 0.5) is 5.69 Å². The van der Waals surface area contributed by atoms with Crippen molar-refractivity contribution in [3.05, 3.63) is 70.3 Å². The van der Waals surface area contributed by atoms with Crippen molar-refractivity contribution < 1.29 is 0 Å². The Morgan fingerprint density at radius 3 is 2.85 bits per heavy atom.